The fourth-order valence-electron chi connectivity index (χ4n) is 1.42. The van der Waals surface area contributed by atoms with E-state index in [0.29, 0.717) is 17.0 Å². The molecule has 0 fully saturated rings. The molecule has 0 aromatic heterocycles. The van der Waals surface area contributed by atoms with E-state index in [1.165, 1.54) is 7.11 Å². The molecule has 0 radical (unpaired) electrons. The molecule has 0 saturated heterocycles. The number of carbonyl (C=O) groups excluding carboxylic acids is 2. The lowest BCUT2D eigenvalue weighted by atomic mass is 10.2. The topological polar surface area (TPSA) is 55.4 Å². The summed E-state index contributed by atoms with van der Waals surface area (Å²) >= 11 is 1.63. The number of esters is 1. The number of hydrogen-bond donors (Lipinski definition) is 1. The Morgan fingerprint density at radius 1 is 1.26 bits per heavy atom. The highest BCUT2D eigenvalue weighted by Gasteiger charge is 2.06. The van der Waals surface area contributed by atoms with Gasteiger partial charge in [-0.25, -0.2) is 4.79 Å². The molecule has 104 valence electrons. The molecular weight excluding hydrogens is 262 g/mol. The molecule has 1 amide bonds. The Morgan fingerprint density at radius 2 is 1.95 bits per heavy atom. The Kier molecular flexibility index (Phi) is 7.03. The summed E-state index contributed by atoms with van der Waals surface area (Å²) in [6.07, 6.45) is 2.27. The molecule has 0 aliphatic heterocycles. The highest BCUT2D eigenvalue weighted by Crippen LogP contribution is 2.11. The zero-order chi connectivity index (χ0) is 14.1. The van der Waals surface area contributed by atoms with Crippen molar-refractivity contribution in [2.75, 3.05) is 23.9 Å². The highest BCUT2D eigenvalue weighted by molar-refractivity contribution is 7.99. The van der Waals surface area contributed by atoms with Crippen molar-refractivity contribution < 1.29 is 14.3 Å². The lowest BCUT2D eigenvalue weighted by Crippen LogP contribution is -2.14. The van der Waals surface area contributed by atoms with Gasteiger partial charge in [0.25, 0.3) is 0 Å². The summed E-state index contributed by atoms with van der Waals surface area (Å²) < 4.78 is 4.60. The van der Waals surface area contributed by atoms with Crippen LogP contribution in [0.2, 0.25) is 0 Å². The minimum absolute atomic E-state index is 0.0214. The number of unbranched alkanes of at least 4 members (excludes halogenated alkanes) is 1. The maximum absolute atomic E-state index is 11.6. The van der Waals surface area contributed by atoms with Crippen LogP contribution in [-0.2, 0) is 9.53 Å². The van der Waals surface area contributed by atoms with Gasteiger partial charge in [0.1, 0.15) is 0 Å². The van der Waals surface area contributed by atoms with E-state index < -0.39 is 0 Å². The fourth-order valence-corrected chi connectivity index (χ4v) is 2.31. The minimum Gasteiger partial charge on any atom is -0.465 e. The van der Waals surface area contributed by atoms with Crippen molar-refractivity contribution in [1.82, 2.24) is 0 Å². The zero-order valence-corrected chi connectivity index (χ0v) is 12.1. The minimum atomic E-state index is -0.381. The van der Waals surface area contributed by atoms with Gasteiger partial charge in [-0.05, 0) is 36.4 Å². The maximum atomic E-state index is 11.6. The average molecular weight is 281 g/mol. The van der Waals surface area contributed by atoms with E-state index in [1.54, 1.807) is 36.0 Å². The lowest BCUT2D eigenvalue weighted by Gasteiger charge is -2.06. The third kappa shape index (κ3) is 5.79. The molecule has 1 aromatic rings. The number of thioether (sulfide) groups is 1. The van der Waals surface area contributed by atoms with E-state index in [2.05, 4.69) is 17.0 Å². The van der Waals surface area contributed by atoms with E-state index in [1.807, 2.05) is 0 Å². The Bertz CT molecular complexity index is 417. The summed E-state index contributed by atoms with van der Waals surface area (Å²) in [4.78, 5) is 22.9. The number of ether oxygens (including phenoxy) is 1. The summed E-state index contributed by atoms with van der Waals surface area (Å²) in [7, 11) is 1.34. The van der Waals surface area contributed by atoms with Crippen LogP contribution in [0.15, 0.2) is 24.3 Å². The predicted octanol–water partition coefficient (Wildman–Crippen LogP) is 2.95. The Labute approximate surface area is 117 Å². The van der Waals surface area contributed by atoms with Gasteiger partial charge in [-0.2, -0.15) is 11.8 Å². The first-order valence-corrected chi connectivity index (χ1v) is 7.38. The van der Waals surface area contributed by atoms with E-state index in [-0.39, 0.29) is 11.9 Å². The summed E-state index contributed by atoms with van der Waals surface area (Å²) in [5, 5.41) is 2.79. The van der Waals surface area contributed by atoms with Gasteiger partial charge < -0.3 is 10.1 Å². The quantitative estimate of drug-likeness (QED) is 0.616. The van der Waals surface area contributed by atoms with Crippen molar-refractivity contribution in [3.63, 3.8) is 0 Å². The number of benzene rings is 1. The second-order valence-corrected chi connectivity index (χ2v) is 5.13. The van der Waals surface area contributed by atoms with Crippen molar-refractivity contribution in [2.24, 2.45) is 0 Å². The van der Waals surface area contributed by atoms with Crippen LogP contribution in [0.4, 0.5) is 5.69 Å². The summed E-state index contributed by atoms with van der Waals surface area (Å²) in [5.74, 6) is 1.06. The van der Waals surface area contributed by atoms with Gasteiger partial charge in [-0.15, -0.1) is 0 Å². The number of hydrogen-bond acceptors (Lipinski definition) is 4. The molecule has 0 atom stereocenters. The van der Waals surface area contributed by atoms with Crippen LogP contribution in [0.25, 0.3) is 0 Å². The third-order valence-electron chi connectivity index (χ3n) is 2.47. The Morgan fingerprint density at radius 3 is 2.53 bits per heavy atom. The fraction of sp³-hybridized carbons (Fsp3) is 0.429. The standard InChI is InChI=1S/C14H19NO3S/c1-3-4-9-19-10-13(16)15-12-7-5-11(6-8-12)14(17)18-2/h5-8H,3-4,9-10H2,1-2H3,(H,15,16). The molecule has 0 aliphatic carbocycles. The van der Waals surface area contributed by atoms with E-state index in [0.717, 1.165) is 18.6 Å². The zero-order valence-electron chi connectivity index (χ0n) is 11.3. The maximum Gasteiger partial charge on any atom is 0.337 e. The summed E-state index contributed by atoms with van der Waals surface area (Å²) in [5.41, 5.74) is 1.16. The second-order valence-electron chi connectivity index (χ2n) is 4.02. The van der Waals surface area contributed by atoms with Crippen LogP contribution in [0.5, 0.6) is 0 Å². The molecule has 0 heterocycles. The van der Waals surface area contributed by atoms with Crippen LogP contribution in [0.3, 0.4) is 0 Å². The number of methoxy groups -OCH3 is 1. The molecule has 0 unspecified atom stereocenters. The van der Waals surface area contributed by atoms with Gasteiger partial charge >= 0.3 is 5.97 Å². The molecule has 0 spiro atoms. The number of nitrogens with one attached hydrogen (secondary N) is 1. The van der Waals surface area contributed by atoms with Crippen LogP contribution in [-0.4, -0.2) is 30.5 Å². The van der Waals surface area contributed by atoms with Crippen LogP contribution >= 0.6 is 11.8 Å². The van der Waals surface area contributed by atoms with E-state index in [9.17, 15) is 9.59 Å². The van der Waals surface area contributed by atoms with Crippen LogP contribution in [0, 0.1) is 0 Å². The van der Waals surface area contributed by atoms with E-state index in [4.69, 9.17) is 0 Å². The van der Waals surface area contributed by atoms with Gasteiger partial charge in [-0.3, -0.25) is 4.79 Å². The monoisotopic (exact) mass is 281 g/mol. The molecule has 1 N–H and O–H groups in total. The van der Waals surface area contributed by atoms with Gasteiger partial charge in [0.2, 0.25) is 5.91 Å². The largest absolute Gasteiger partial charge is 0.465 e. The molecule has 4 nitrogen and oxygen atoms in total. The number of rotatable bonds is 7. The first kappa shape index (κ1) is 15.6. The molecule has 0 saturated carbocycles. The van der Waals surface area contributed by atoms with Crippen molar-refractivity contribution >= 4 is 29.3 Å². The lowest BCUT2D eigenvalue weighted by molar-refractivity contribution is -0.113. The van der Waals surface area contributed by atoms with E-state index >= 15 is 0 Å². The number of carbonyl (C=O) groups is 2. The van der Waals surface area contributed by atoms with Crippen molar-refractivity contribution in [1.29, 1.82) is 0 Å². The SMILES string of the molecule is CCCCSCC(=O)Nc1ccc(C(=O)OC)cc1. The summed E-state index contributed by atoms with van der Waals surface area (Å²) in [6, 6.07) is 6.65. The molecule has 1 aromatic carbocycles. The first-order valence-electron chi connectivity index (χ1n) is 6.23. The number of amides is 1. The molecule has 5 heteroatoms. The predicted molar refractivity (Wildman–Crippen MR) is 78.6 cm³/mol. The summed E-state index contributed by atoms with van der Waals surface area (Å²) in [6.45, 7) is 2.13. The molecule has 19 heavy (non-hydrogen) atoms. The van der Waals surface area contributed by atoms with Crippen LogP contribution < -0.4 is 5.32 Å². The average Bonchev–Trinajstić information content (AvgIpc) is 2.43. The second kappa shape index (κ2) is 8.58. The third-order valence-corrected chi connectivity index (χ3v) is 3.51. The van der Waals surface area contributed by atoms with Gasteiger partial charge in [-0.1, -0.05) is 13.3 Å². The van der Waals surface area contributed by atoms with Crippen LogP contribution in [0.1, 0.15) is 30.1 Å². The van der Waals surface area contributed by atoms with Crippen molar-refractivity contribution in [3.05, 3.63) is 29.8 Å². The van der Waals surface area contributed by atoms with Gasteiger partial charge in [0.15, 0.2) is 0 Å². The number of anilines is 1. The van der Waals surface area contributed by atoms with Gasteiger partial charge in [0, 0.05) is 5.69 Å². The first-order chi connectivity index (χ1) is 9.17. The molecule has 0 aliphatic rings. The molecule has 1 rings (SSSR count). The Hall–Kier alpha value is -1.49. The van der Waals surface area contributed by atoms with Crippen molar-refractivity contribution in [2.45, 2.75) is 19.8 Å². The highest BCUT2D eigenvalue weighted by atomic mass is 32.2. The Balaban J connectivity index is 2.40. The van der Waals surface area contributed by atoms with Crippen molar-refractivity contribution in [3.8, 4) is 0 Å². The molecular formula is C14H19NO3S. The normalized spacial score (nSPS) is 10.0. The van der Waals surface area contributed by atoms with Gasteiger partial charge in [0.05, 0.1) is 18.4 Å². The molecule has 0 bridgehead atoms. The smallest absolute Gasteiger partial charge is 0.337 e.